The number of fused-ring (bicyclic) bond motifs is 2. The predicted octanol–water partition coefficient (Wildman–Crippen LogP) is 3.75. The molecule has 0 atom stereocenters. The first kappa shape index (κ1) is 22.7. The number of carbonyl (C=O) groups excluding carboxylic acids is 2. The van der Waals surface area contributed by atoms with Gasteiger partial charge < -0.3 is 19.5 Å². The molecule has 7 heteroatoms. The smallest absolute Gasteiger partial charge is 0.257 e. The number of rotatable bonds is 8. The van der Waals surface area contributed by atoms with Crippen molar-refractivity contribution < 1.29 is 14.3 Å². The van der Waals surface area contributed by atoms with Crippen LogP contribution in [0.2, 0.25) is 0 Å². The van der Waals surface area contributed by atoms with Crippen LogP contribution < -0.4 is 15.0 Å². The molecular formula is C28H28N4O3. The Balaban J connectivity index is 1.26. The van der Waals surface area contributed by atoms with Crippen molar-refractivity contribution in [2.45, 2.75) is 25.8 Å². The summed E-state index contributed by atoms with van der Waals surface area (Å²) < 4.78 is 7.48. The van der Waals surface area contributed by atoms with E-state index in [1.165, 1.54) is 5.56 Å². The van der Waals surface area contributed by atoms with Crippen molar-refractivity contribution >= 4 is 28.5 Å². The van der Waals surface area contributed by atoms with E-state index in [9.17, 15) is 9.59 Å². The van der Waals surface area contributed by atoms with Crippen LogP contribution in [0.5, 0.6) is 5.75 Å². The van der Waals surface area contributed by atoms with Crippen molar-refractivity contribution in [2.24, 2.45) is 0 Å². The van der Waals surface area contributed by atoms with Gasteiger partial charge in [0.2, 0.25) is 5.91 Å². The van der Waals surface area contributed by atoms with Gasteiger partial charge in [0.15, 0.2) is 6.61 Å². The maximum atomic E-state index is 13.4. The Morgan fingerprint density at radius 1 is 0.943 bits per heavy atom. The molecule has 2 amide bonds. The summed E-state index contributed by atoms with van der Waals surface area (Å²) in [5, 5.41) is 2.89. The van der Waals surface area contributed by atoms with Crippen molar-refractivity contribution in [3.8, 4) is 5.75 Å². The number of carbonyl (C=O) groups is 2. The van der Waals surface area contributed by atoms with Gasteiger partial charge in [-0.1, -0.05) is 48.5 Å². The standard InChI is InChI=1S/C28H28N4O3/c33-27(20-35-22-11-2-1-3-12-22)29-17-16-26-30-23-13-5-7-15-25(23)32(26)19-28(34)31-18-8-10-21-9-4-6-14-24(21)31/h1-7,9,11-15H,8,10,16-20H2,(H,29,33). The lowest BCUT2D eigenvalue weighted by Gasteiger charge is -2.29. The predicted molar refractivity (Wildman–Crippen MR) is 135 cm³/mol. The molecule has 1 N–H and O–H groups in total. The van der Waals surface area contributed by atoms with Crippen LogP contribution in [0.3, 0.4) is 0 Å². The summed E-state index contributed by atoms with van der Waals surface area (Å²) in [4.78, 5) is 32.3. The monoisotopic (exact) mass is 468 g/mol. The Bertz CT molecular complexity index is 1330. The Morgan fingerprint density at radius 3 is 2.60 bits per heavy atom. The van der Waals surface area contributed by atoms with Crippen LogP contribution in [0.25, 0.3) is 11.0 Å². The second-order valence-electron chi connectivity index (χ2n) is 8.58. The lowest BCUT2D eigenvalue weighted by Crippen LogP contribution is -2.38. The second kappa shape index (κ2) is 10.4. The fourth-order valence-corrected chi connectivity index (χ4v) is 4.54. The number of hydrogen-bond acceptors (Lipinski definition) is 4. The Hall–Kier alpha value is -4.13. The van der Waals surface area contributed by atoms with E-state index in [0.717, 1.165) is 41.9 Å². The molecular weight excluding hydrogens is 440 g/mol. The number of benzene rings is 3. The Kier molecular flexibility index (Phi) is 6.75. The maximum Gasteiger partial charge on any atom is 0.257 e. The van der Waals surface area contributed by atoms with Crippen LogP contribution >= 0.6 is 0 Å². The number of hydrogen-bond donors (Lipinski definition) is 1. The van der Waals surface area contributed by atoms with Gasteiger partial charge in [0, 0.05) is 25.2 Å². The van der Waals surface area contributed by atoms with Crippen LogP contribution in [-0.4, -0.2) is 41.1 Å². The van der Waals surface area contributed by atoms with E-state index in [1.807, 2.05) is 82.3 Å². The van der Waals surface area contributed by atoms with E-state index < -0.39 is 0 Å². The van der Waals surface area contributed by atoms with E-state index in [-0.39, 0.29) is 25.0 Å². The summed E-state index contributed by atoms with van der Waals surface area (Å²) in [6, 6.07) is 25.2. The molecule has 0 bridgehead atoms. The van der Waals surface area contributed by atoms with Gasteiger partial charge in [0.25, 0.3) is 5.91 Å². The molecule has 1 aliphatic heterocycles. The molecule has 0 saturated heterocycles. The van der Waals surface area contributed by atoms with Gasteiger partial charge in [0.05, 0.1) is 11.0 Å². The number of imidazole rings is 1. The van der Waals surface area contributed by atoms with Gasteiger partial charge in [-0.3, -0.25) is 9.59 Å². The number of para-hydroxylation sites is 4. The fourth-order valence-electron chi connectivity index (χ4n) is 4.54. The van der Waals surface area contributed by atoms with Crippen LogP contribution in [0.1, 0.15) is 17.8 Å². The molecule has 4 aromatic rings. The molecule has 3 aromatic carbocycles. The number of anilines is 1. The minimum atomic E-state index is -0.197. The van der Waals surface area contributed by atoms with Crippen LogP contribution in [0.15, 0.2) is 78.9 Å². The molecule has 0 spiro atoms. The summed E-state index contributed by atoms with van der Waals surface area (Å²) in [7, 11) is 0. The van der Waals surface area contributed by atoms with Gasteiger partial charge in [-0.25, -0.2) is 4.98 Å². The summed E-state index contributed by atoms with van der Waals surface area (Å²) in [6.45, 7) is 1.28. The number of nitrogens with one attached hydrogen (secondary N) is 1. The number of nitrogens with zero attached hydrogens (tertiary/aromatic N) is 3. The summed E-state index contributed by atoms with van der Waals surface area (Å²) >= 11 is 0. The highest BCUT2D eigenvalue weighted by atomic mass is 16.5. The first-order chi connectivity index (χ1) is 17.2. The zero-order valence-electron chi connectivity index (χ0n) is 19.5. The molecule has 0 fully saturated rings. The molecule has 0 saturated carbocycles. The first-order valence-electron chi connectivity index (χ1n) is 12.0. The highest BCUT2D eigenvalue weighted by molar-refractivity contribution is 5.95. The van der Waals surface area contributed by atoms with Crippen molar-refractivity contribution in [2.75, 3.05) is 24.6 Å². The van der Waals surface area contributed by atoms with Crippen LogP contribution in [0, 0.1) is 0 Å². The van der Waals surface area contributed by atoms with E-state index in [2.05, 4.69) is 11.4 Å². The van der Waals surface area contributed by atoms with Crippen molar-refractivity contribution in [3.63, 3.8) is 0 Å². The van der Waals surface area contributed by atoms with Crippen molar-refractivity contribution in [1.29, 1.82) is 0 Å². The number of ether oxygens (including phenoxy) is 1. The minimum absolute atomic E-state index is 0.0434. The maximum absolute atomic E-state index is 13.4. The summed E-state index contributed by atoms with van der Waals surface area (Å²) in [6.07, 6.45) is 2.46. The molecule has 7 nitrogen and oxygen atoms in total. The number of aromatic nitrogens is 2. The second-order valence-corrected chi connectivity index (χ2v) is 8.58. The zero-order valence-corrected chi connectivity index (χ0v) is 19.5. The van der Waals surface area contributed by atoms with Crippen LogP contribution in [-0.2, 0) is 29.0 Å². The topological polar surface area (TPSA) is 76.5 Å². The summed E-state index contributed by atoms with van der Waals surface area (Å²) in [5.41, 5.74) is 3.97. The normalized spacial score (nSPS) is 12.9. The van der Waals surface area contributed by atoms with Gasteiger partial charge in [-0.15, -0.1) is 0 Å². The third-order valence-electron chi connectivity index (χ3n) is 6.22. The van der Waals surface area contributed by atoms with E-state index in [4.69, 9.17) is 9.72 Å². The van der Waals surface area contributed by atoms with Crippen molar-refractivity contribution in [3.05, 3.63) is 90.3 Å². The van der Waals surface area contributed by atoms with Gasteiger partial charge in [-0.05, 0) is 48.7 Å². The highest BCUT2D eigenvalue weighted by Crippen LogP contribution is 2.27. The third-order valence-corrected chi connectivity index (χ3v) is 6.22. The fraction of sp³-hybridized carbons (Fsp3) is 0.250. The molecule has 1 aliphatic rings. The lowest BCUT2D eigenvalue weighted by molar-refractivity contribution is -0.123. The quantitative estimate of drug-likeness (QED) is 0.427. The minimum Gasteiger partial charge on any atom is -0.484 e. The molecule has 178 valence electrons. The molecule has 0 aliphatic carbocycles. The number of aryl methyl sites for hydroxylation is 1. The lowest BCUT2D eigenvalue weighted by atomic mass is 10.0. The zero-order chi connectivity index (χ0) is 24.0. The molecule has 1 aromatic heterocycles. The largest absolute Gasteiger partial charge is 0.484 e. The highest BCUT2D eigenvalue weighted by Gasteiger charge is 2.24. The third kappa shape index (κ3) is 5.19. The SMILES string of the molecule is O=C(COc1ccccc1)NCCc1nc2ccccc2n1CC(=O)N1CCCc2ccccc21. The number of amides is 2. The molecule has 35 heavy (non-hydrogen) atoms. The Labute approximate surface area is 204 Å². The molecule has 5 rings (SSSR count). The first-order valence-corrected chi connectivity index (χ1v) is 12.0. The average molecular weight is 469 g/mol. The van der Waals surface area contributed by atoms with Gasteiger partial charge in [0.1, 0.15) is 18.1 Å². The van der Waals surface area contributed by atoms with E-state index >= 15 is 0 Å². The van der Waals surface area contributed by atoms with Gasteiger partial charge in [-0.2, -0.15) is 0 Å². The van der Waals surface area contributed by atoms with Gasteiger partial charge >= 0.3 is 0 Å². The van der Waals surface area contributed by atoms with E-state index in [0.29, 0.717) is 18.7 Å². The average Bonchev–Trinajstić information content (AvgIpc) is 3.24. The summed E-state index contributed by atoms with van der Waals surface area (Å²) in [5.74, 6) is 1.27. The molecule has 2 heterocycles. The van der Waals surface area contributed by atoms with Crippen LogP contribution in [0.4, 0.5) is 5.69 Å². The molecule has 0 radical (unpaired) electrons. The molecule has 0 unspecified atom stereocenters. The van der Waals surface area contributed by atoms with E-state index in [1.54, 1.807) is 0 Å². The van der Waals surface area contributed by atoms with Crippen molar-refractivity contribution in [1.82, 2.24) is 14.9 Å². The Morgan fingerprint density at radius 2 is 1.71 bits per heavy atom.